The van der Waals surface area contributed by atoms with Gasteiger partial charge < -0.3 is 15.6 Å². The number of nitrogen functional groups attached to an aromatic ring is 1. The molecule has 3 N–H and O–H groups in total. The summed E-state index contributed by atoms with van der Waals surface area (Å²) < 4.78 is 2.32. The minimum absolute atomic E-state index is 0.781. The fraction of sp³-hybridized carbons (Fsp3) is 0. The molecule has 1 heterocycles. The number of hydrogen-bond donors (Lipinski definition) is 2. The first kappa shape index (κ1) is 30.2. The molecule has 0 aliphatic rings. The van der Waals surface area contributed by atoms with E-state index >= 15 is 0 Å². The summed E-state index contributed by atoms with van der Waals surface area (Å²) in [6.07, 6.45) is 0. The van der Waals surface area contributed by atoms with E-state index in [1.807, 2.05) is 12.1 Å². The van der Waals surface area contributed by atoms with E-state index in [0.29, 0.717) is 0 Å². The molecular formula is C48H35N3. The van der Waals surface area contributed by atoms with Crippen LogP contribution in [-0.2, 0) is 0 Å². The average molecular weight is 654 g/mol. The van der Waals surface area contributed by atoms with Crippen LogP contribution >= 0.6 is 0 Å². The standard InChI is InChI=1S/C30H22N2.C18H13N/c31-26-14-10-20(11-15-26)21-12-16-27(17-13-21)32-29-7-3-6-22-8-9-25-18-23-4-1-2-5-24(23)19-28(25)30(22)29;1-2-8-14(9-3-1)19-17-12-6-4-10-15(17)16-11-5-7-13-18(16)19/h1-19,32H,31H2;1-13H. The van der Waals surface area contributed by atoms with Crippen LogP contribution in [0.4, 0.5) is 17.1 Å². The van der Waals surface area contributed by atoms with Crippen LogP contribution in [0.2, 0.25) is 0 Å². The molecule has 3 nitrogen and oxygen atoms in total. The Kier molecular flexibility index (Phi) is 7.64. The number of para-hydroxylation sites is 3. The topological polar surface area (TPSA) is 43.0 Å². The van der Waals surface area contributed by atoms with Crippen molar-refractivity contribution in [3.63, 3.8) is 0 Å². The minimum Gasteiger partial charge on any atom is -0.399 e. The molecule has 0 radical (unpaired) electrons. The highest BCUT2D eigenvalue weighted by molar-refractivity contribution is 6.17. The van der Waals surface area contributed by atoms with Crippen molar-refractivity contribution < 1.29 is 0 Å². The van der Waals surface area contributed by atoms with Crippen molar-refractivity contribution in [2.24, 2.45) is 0 Å². The molecule has 9 aromatic carbocycles. The Morgan fingerprint density at radius 1 is 0.392 bits per heavy atom. The number of benzene rings is 9. The second-order valence-corrected chi connectivity index (χ2v) is 12.9. The molecule has 0 amide bonds. The Morgan fingerprint density at radius 2 is 0.941 bits per heavy atom. The lowest BCUT2D eigenvalue weighted by Crippen LogP contribution is -1.92. The van der Waals surface area contributed by atoms with Crippen molar-refractivity contribution in [1.29, 1.82) is 0 Å². The summed E-state index contributed by atoms with van der Waals surface area (Å²) in [5, 5.41) is 13.8. The molecular weight excluding hydrogens is 619 g/mol. The number of fused-ring (bicyclic) bond motifs is 7. The molecule has 0 saturated heterocycles. The van der Waals surface area contributed by atoms with Gasteiger partial charge in [0.2, 0.25) is 0 Å². The number of nitrogens with one attached hydrogen (secondary N) is 1. The summed E-state index contributed by atoms with van der Waals surface area (Å²) in [6.45, 7) is 0. The third-order valence-corrected chi connectivity index (χ3v) is 9.73. The predicted octanol–water partition coefficient (Wildman–Crippen LogP) is 12.9. The van der Waals surface area contributed by atoms with Gasteiger partial charge in [0.15, 0.2) is 0 Å². The third kappa shape index (κ3) is 5.71. The van der Waals surface area contributed by atoms with Gasteiger partial charge in [-0.15, -0.1) is 0 Å². The smallest absolute Gasteiger partial charge is 0.0541 e. The second-order valence-electron chi connectivity index (χ2n) is 12.9. The largest absolute Gasteiger partial charge is 0.399 e. The molecule has 0 saturated carbocycles. The first-order valence-electron chi connectivity index (χ1n) is 17.3. The third-order valence-electron chi connectivity index (χ3n) is 9.73. The van der Waals surface area contributed by atoms with Gasteiger partial charge in [-0.2, -0.15) is 0 Å². The van der Waals surface area contributed by atoms with Gasteiger partial charge in [0.1, 0.15) is 0 Å². The summed E-state index contributed by atoms with van der Waals surface area (Å²) in [5.74, 6) is 0. The van der Waals surface area contributed by atoms with E-state index in [1.165, 1.54) is 65.4 Å². The van der Waals surface area contributed by atoms with Crippen LogP contribution in [0.1, 0.15) is 0 Å². The molecule has 10 aromatic rings. The fourth-order valence-corrected chi connectivity index (χ4v) is 7.26. The number of aromatic nitrogens is 1. The van der Waals surface area contributed by atoms with E-state index in [4.69, 9.17) is 5.73 Å². The van der Waals surface area contributed by atoms with Gasteiger partial charge in [-0.05, 0) is 105 Å². The number of nitrogens with two attached hydrogens (primary N) is 1. The van der Waals surface area contributed by atoms with E-state index in [1.54, 1.807) is 0 Å². The maximum Gasteiger partial charge on any atom is 0.0541 e. The number of nitrogens with zero attached hydrogens (tertiary/aromatic N) is 1. The highest BCUT2D eigenvalue weighted by Crippen LogP contribution is 2.36. The maximum atomic E-state index is 5.82. The van der Waals surface area contributed by atoms with Crippen molar-refractivity contribution in [3.05, 3.63) is 194 Å². The highest BCUT2D eigenvalue weighted by Gasteiger charge is 2.11. The highest BCUT2D eigenvalue weighted by atomic mass is 15.0. The quantitative estimate of drug-likeness (QED) is 0.113. The number of anilines is 3. The van der Waals surface area contributed by atoms with Gasteiger partial charge in [-0.3, -0.25) is 0 Å². The summed E-state index contributed by atoms with van der Waals surface area (Å²) in [6, 6.07) is 68.2. The zero-order valence-electron chi connectivity index (χ0n) is 28.0. The van der Waals surface area contributed by atoms with Crippen molar-refractivity contribution in [1.82, 2.24) is 4.57 Å². The average Bonchev–Trinajstić information content (AvgIpc) is 3.53. The monoisotopic (exact) mass is 653 g/mol. The molecule has 0 spiro atoms. The second kappa shape index (κ2) is 12.9. The summed E-state index contributed by atoms with van der Waals surface area (Å²) >= 11 is 0. The molecule has 10 rings (SSSR count). The maximum absolute atomic E-state index is 5.82. The number of rotatable bonds is 4. The number of hydrogen-bond acceptors (Lipinski definition) is 2. The van der Waals surface area contributed by atoms with Crippen molar-refractivity contribution in [3.8, 4) is 16.8 Å². The Hall–Kier alpha value is -6.84. The summed E-state index contributed by atoms with van der Waals surface area (Å²) in [7, 11) is 0. The molecule has 0 aliphatic carbocycles. The van der Waals surface area contributed by atoms with E-state index in [-0.39, 0.29) is 0 Å². The SMILES string of the molecule is Nc1ccc(-c2ccc(Nc3cccc4ccc5cc6ccccc6cc5c34)cc2)cc1.c1ccc(-n2c3ccccc3c3ccccc32)cc1. The molecule has 0 bridgehead atoms. The summed E-state index contributed by atoms with van der Waals surface area (Å²) in [5.41, 5.74) is 14.8. The van der Waals surface area contributed by atoms with E-state index in [2.05, 4.69) is 192 Å². The predicted molar refractivity (Wildman–Crippen MR) is 219 cm³/mol. The van der Waals surface area contributed by atoms with Crippen LogP contribution in [0.15, 0.2) is 194 Å². The first-order valence-corrected chi connectivity index (χ1v) is 17.3. The van der Waals surface area contributed by atoms with E-state index in [0.717, 1.165) is 22.6 Å². The van der Waals surface area contributed by atoms with Crippen LogP contribution in [0.5, 0.6) is 0 Å². The Balaban J connectivity index is 0.000000155. The minimum atomic E-state index is 0.781. The fourth-order valence-electron chi connectivity index (χ4n) is 7.26. The van der Waals surface area contributed by atoms with Crippen molar-refractivity contribution in [2.45, 2.75) is 0 Å². The van der Waals surface area contributed by atoms with Gasteiger partial charge in [-0.25, -0.2) is 0 Å². The van der Waals surface area contributed by atoms with Gasteiger partial charge in [-0.1, -0.05) is 127 Å². The molecule has 3 heteroatoms. The molecule has 51 heavy (non-hydrogen) atoms. The van der Waals surface area contributed by atoms with E-state index in [9.17, 15) is 0 Å². The van der Waals surface area contributed by atoms with Crippen LogP contribution in [-0.4, -0.2) is 4.57 Å². The lowest BCUT2D eigenvalue weighted by atomic mass is 9.97. The Bertz CT molecular complexity index is 2760. The Morgan fingerprint density at radius 3 is 1.63 bits per heavy atom. The molecule has 1 aromatic heterocycles. The molecule has 242 valence electrons. The zero-order chi connectivity index (χ0) is 34.1. The molecule has 0 unspecified atom stereocenters. The molecule has 0 fully saturated rings. The summed E-state index contributed by atoms with van der Waals surface area (Å²) in [4.78, 5) is 0. The van der Waals surface area contributed by atoms with Gasteiger partial charge in [0, 0.05) is 38.9 Å². The van der Waals surface area contributed by atoms with Crippen LogP contribution < -0.4 is 11.1 Å². The van der Waals surface area contributed by atoms with Gasteiger partial charge >= 0.3 is 0 Å². The Labute approximate surface area is 296 Å². The van der Waals surface area contributed by atoms with Gasteiger partial charge in [0.25, 0.3) is 0 Å². The van der Waals surface area contributed by atoms with E-state index < -0.39 is 0 Å². The lowest BCUT2D eigenvalue weighted by Gasteiger charge is -2.14. The molecule has 0 atom stereocenters. The molecule has 0 aliphatic heterocycles. The lowest BCUT2D eigenvalue weighted by molar-refractivity contribution is 1.18. The van der Waals surface area contributed by atoms with Crippen molar-refractivity contribution in [2.75, 3.05) is 11.1 Å². The van der Waals surface area contributed by atoms with Crippen LogP contribution in [0.3, 0.4) is 0 Å². The first-order chi connectivity index (χ1) is 25.2. The van der Waals surface area contributed by atoms with Crippen LogP contribution in [0, 0.1) is 0 Å². The normalized spacial score (nSPS) is 11.2. The van der Waals surface area contributed by atoms with Gasteiger partial charge in [0.05, 0.1) is 11.0 Å². The van der Waals surface area contributed by atoms with Crippen LogP contribution in [0.25, 0.3) is 70.9 Å². The zero-order valence-corrected chi connectivity index (χ0v) is 28.0. The van der Waals surface area contributed by atoms with Crippen molar-refractivity contribution >= 4 is 71.2 Å².